The lowest BCUT2D eigenvalue weighted by molar-refractivity contribution is 0.0972. The van der Waals surface area contributed by atoms with Crippen LogP contribution in [0.3, 0.4) is 0 Å². The van der Waals surface area contributed by atoms with Crippen molar-refractivity contribution in [1.29, 1.82) is 0 Å². The molecule has 0 spiro atoms. The van der Waals surface area contributed by atoms with E-state index in [-0.39, 0.29) is 11.2 Å². The molecule has 0 bridgehead atoms. The van der Waals surface area contributed by atoms with Crippen molar-refractivity contribution in [2.24, 2.45) is 0 Å². The normalized spacial score (nSPS) is 15.8. The summed E-state index contributed by atoms with van der Waals surface area (Å²) < 4.78 is 11.4. The quantitative estimate of drug-likeness (QED) is 0.781. The molecule has 108 valence electrons. The van der Waals surface area contributed by atoms with Gasteiger partial charge in [-0.15, -0.1) is 0 Å². The number of benzene rings is 1. The van der Waals surface area contributed by atoms with Gasteiger partial charge < -0.3 is 9.15 Å². The summed E-state index contributed by atoms with van der Waals surface area (Å²) in [6.07, 6.45) is 2.12. The van der Waals surface area contributed by atoms with Crippen LogP contribution in [0.15, 0.2) is 47.4 Å². The van der Waals surface area contributed by atoms with Crippen LogP contribution in [-0.4, -0.2) is 12.4 Å². The smallest absolute Gasteiger partial charge is 0.296 e. The maximum absolute atomic E-state index is 12.3. The first-order valence-corrected chi connectivity index (χ1v) is 7.04. The van der Waals surface area contributed by atoms with Crippen molar-refractivity contribution in [3.8, 4) is 17.3 Å². The fraction of sp³-hybridized carbons (Fsp3) is 0.278. The van der Waals surface area contributed by atoms with E-state index in [4.69, 9.17) is 9.15 Å². The van der Waals surface area contributed by atoms with Crippen LogP contribution in [0.1, 0.15) is 36.2 Å². The number of hydrogen-bond acceptors (Lipinski definition) is 3. The van der Waals surface area contributed by atoms with Gasteiger partial charge in [-0.3, -0.25) is 4.79 Å². The van der Waals surface area contributed by atoms with Gasteiger partial charge in [0.25, 0.3) is 5.95 Å². The van der Waals surface area contributed by atoms with Gasteiger partial charge in [-0.2, -0.15) is 0 Å². The molecule has 21 heavy (non-hydrogen) atoms. The van der Waals surface area contributed by atoms with E-state index >= 15 is 0 Å². The second kappa shape index (κ2) is 4.92. The van der Waals surface area contributed by atoms with E-state index < -0.39 is 0 Å². The average molecular weight is 282 g/mol. The highest BCUT2D eigenvalue weighted by Gasteiger charge is 2.44. The average Bonchev–Trinajstić information content (AvgIpc) is 2.95. The zero-order chi connectivity index (χ0) is 15.0. The van der Waals surface area contributed by atoms with Crippen molar-refractivity contribution in [2.45, 2.75) is 25.7 Å². The van der Waals surface area contributed by atoms with Crippen molar-refractivity contribution >= 4 is 5.78 Å². The number of ketones is 1. The molecular weight excluding hydrogens is 264 g/mol. The SMILES string of the molecule is C=CCOc1oc(-c2ccccc2)c2c1C(=O)CC2(C)C. The highest BCUT2D eigenvalue weighted by Crippen LogP contribution is 2.49. The van der Waals surface area contributed by atoms with E-state index in [0.29, 0.717) is 24.5 Å². The van der Waals surface area contributed by atoms with Gasteiger partial charge in [0.05, 0.1) is 0 Å². The molecule has 1 aromatic heterocycles. The van der Waals surface area contributed by atoms with Crippen LogP contribution in [-0.2, 0) is 5.41 Å². The lowest BCUT2D eigenvalue weighted by Gasteiger charge is -2.17. The maximum Gasteiger partial charge on any atom is 0.296 e. The van der Waals surface area contributed by atoms with E-state index in [1.807, 2.05) is 30.3 Å². The van der Waals surface area contributed by atoms with E-state index in [1.165, 1.54) is 0 Å². The summed E-state index contributed by atoms with van der Waals surface area (Å²) in [6, 6.07) is 9.83. The minimum atomic E-state index is -0.239. The van der Waals surface area contributed by atoms with Gasteiger partial charge in [0.2, 0.25) is 0 Å². The molecule has 0 unspecified atom stereocenters. The van der Waals surface area contributed by atoms with Gasteiger partial charge in [0, 0.05) is 23.0 Å². The van der Waals surface area contributed by atoms with E-state index in [1.54, 1.807) is 6.08 Å². The highest BCUT2D eigenvalue weighted by molar-refractivity contribution is 6.05. The molecule has 0 amide bonds. The predicted molar refractivity (Wildman–Crippen MR) is 81.8 cm³/mol. The van der Waals surface area contributed by atoms with Crippen LogP contribution >= 0.6 is 0 Å². The Hall–Kier alpha value is -2.29. The maximum atomic E-state index is 12.3. The molecule has 0 radical (unpaired) electrons. The fourth-order valence-corrected chi connectivity index (χ4v) is 2.92. The largest absolute Gasteiger partial charge is 0.460 e. The third kappa shape index (κ3) is 2.19. The Morgan fingerprint density at radius 2 is 2.05 bits per heavy atom. The Labute approximate surface area is 124 Å². The topological polar surface area (TPSA) is 39.4 Å². The molecule has 0 aliphatic heterocycles. The minimum absolute atomic E-state index is 0.0833. The molecule has 0 fully saturated rings. The lowest BCUT2D eigenvalue weighted by Crippen LogP contribution is -2.13. The van der Waals surface area contributed by atoms with Crippen molar-refractivity contribution in [3.63, 3.8) is 0 Å². The number of carbonyl (C=O) groups excluding carboxylic acids is 1. The molecule has 0 saturated carbocycles. The minimum Gasteiger partial charge on any atom is -0.460 e. The molecule has 0 atom stereocenters. The summed E-state index contributed by atoms with van der Waals surface area (Å²) in [5.41, 5.74) is 2.28. The Bertz CT molecular complexity index is 693. The summed E-state index contributed by atoms with van der Waals surface area (Å²) in [7, 11) is 0. The van der Waals surface area contributed by atoms with Crippen LogP contribution in [0, 0.1) is 0 Å². The molecule has 0 N–H and O–H groups in total. The number of hydrogen-bond donors (Lipinski definition) is 0. The Kier molecular flexibility index (Phi) is 3.20. The first-order valence-electron chi connectivity index (χ1n) is 7.04. The molecule has 3 rings (SSSR count). The van der Waals surface area contributed by atoms with Gasteiger partial charge in [0.15, 0.2) is 5.78 Å². The van der Waals surface area contributed by atoms with Gasteiger partial charge in [-0.1, -0.05) is 56.8 Å². The number of carbonyl (C=O) groups is 1. The van der Waals surface area contributed by atoms with Crippen LogP contribution in [0.25, 0.3) is 11.3 Å². The lowest BCUT2D eigenvalue weighted by atomic mass is 9.85. The van der Waals surface area contributed by atoms with Crippen LogP contribution in [0.4, 0.5) is 0 Å². The summed E-state index contributed by atoms with van der Waals surface area (Å²) >= 11 is 0. The number of Topliss-reactive ketones (excluding diaryl/α,β-unsaturated/α-hetero) is 1. The summed E-state index contributed by atoms with van der Waals surface area (Å²) in [5.74, 6) is 1.14. The van der Waals surface area contributed by atoms with Crippen molar-refractivity contribution in [1.82, 2.24) is 0 Å². The molecule has 1 aliphatic rings. The highest BCUT2D eigenvalue weighted by atomic mass is 16.6. The van der Waals surface area contributed by atoms with Crippen LogP contribution in [0.5, 0.6) is 5.95 Å². The van der Waals surface area contributed by atoms with Crippen molar-refractivity contribution < 1.29 is 13.9 Å². The van der Waals surface area contributed by atoms with Gasteiger partial charge >= 0.3 is 0 Å². The third-order valence-electron chi connectivity index (χ3n) is 3.80. The van der Waals surface area contributed by atoms with E-state index in [0.717, 1.165) is 16.9 Å². The van der Waals surface area contributed by atoms with Gasteiger partial charge in [0.1, 0.15) is 17.9 Å². The van der Waals surface area contributed by atoms with Crippen molar-refractivity contribution in [3.05, 3.63) is 54.1 Å². The molecule has 1 aliphatic carbocycles. The second-order valence-electron chi connectivity index (χ2n) is 5.92. The number of rotatable bonds is 4. The fourth-order valence-electron chi connectivity index (χ4n) is 2.92. The first-order chi connectivity index (χ1) is 10.0. The molecule has 2 aromatic rings. The molecule has 3 nitrogen and oxygen atoms in total. The van der Waals surface area contributed by atoms with Crippen molar-refractivity contribution in [2.75, 3.05) is 6.61 Å². The second-order valence-corrected chi connectivity index (χ2v) is 5.92. The number of furan rings is 1. The molecule has 3 heteroatoms. The molecule has 1 aromatic carbocycles. The third-order valence-corrected chi connectivity index (χ3v) is 3.80. The van der Waals surface area contributed by atoms with E-state index in [9.17, 15) is 4.79 Å². The predicted octanol–water partition coefficient (Wildman–Crippen LogP) is 4.38. The first kappa shape index (κ1) is 13.7. The Morgan fingerprint density at radius 3 is 2.71 bits per heavy atom. The standard InChI is InChI=1S/C18H18O3/c1-4-10-20-17-14-13(19)11-18(2,3)15(14)16(21-17)12-8-6-5-7-9-12/h4-9H,1,10-11H2,2-3H3. The van der Waals surface area contributed by atoms with Crippen LogP contribution < -0.4 is 4.74 Å². The molecule has 1 heterocycles. The zero-order valence-corrected chi connectivity index (χ0v) is 12.3. The summed E-state index contributed by atoms with van der Waals surface area (Å²) in [5, 5.41) is 0. The number of fused-ring (bicyclic) bond motifs is 1. The summed E-state index contributed by atoms with van der Waals surface area (Å²) in [6.45, 7) is 8.08. The zero-order valence-electron chi connectivity index (χ0n) is 12.3. The molecule has 0 saturated heterocycles. The van der Waals surface area contributed by atoms with Gasteiger partial charge in [-0.25, -0.2) is 0 Å². The van der Waals surface area contributed by atoms with E-state index in [2.05, 4.69) is 20.4 Å². The Balaban J connectivity index is 2.20. The monoisotopic (exact) mass is 282 g/mol. The Morgan fingerprint density at radius 1 is 1.33 bits per heavy atom. The van der Waals surface area contributed by atoms with Crippen LogP contribution in [0.2, 0.25) is 0 Å². The number of ether oxygens (including phenoxy) is 1. The summed E-state index contributed by atoms with van der Waals surface area (Å²) in [4.78, 5) is 12.3. The van der Waals surface area contributed by atoms with Gasteiger partial charge in [-0.05, 0) is 0 Å². The molecular formula is C18H18O3.